The highest BCUT2D eigenvalue weighted by atomic mass is 15.1. The molecule has 0 aliphatic rings. The highest BCUT2D eigenvalue weighted by Gasteiger charge is 2.13. The van der Waals surface area contributed by atoms with E-state index in [1.807, 2.05) is 24.5 Å². The number of anilines is 1. The Bertz CT molecular complexity index is 1150. The van der Waals surface area contributed by atoms with Gasteiger partial charge in [0.05, 0.1) is 35.3 Å². The number of rotatable bonds is 8. The standard InChI is InChI=1S/C21H24N8/c1-3-19-28-17-12-25-15-7-6-9-24-20(15)21(17)29(19)10-5-4-8-23-14(2)16-11-27-18(22)13-26-16/h6-7,9,11-13,23H,2-5,8,10H2,1H3,(H2,22,27). The molecule has 0 aliphatic carbocycles. The van der Waals surface area contributed by atoms with E-state index in [2.05, 4.69) is 43.3 Å². The second-order valence-electron chi connectivity index (χ2n) is 6.84. The van der Waals surface area contributed by atoms with Gasteiger partial charge in [-0.3, -0.25) is 9.97 Å². The molecule has 0 amide bonds. The zero-order valence-electron chi connectivity index (χ0n) is 16.5. The molecule has 8 heteroatoms. The van der Waals surface area contributed by atoms with Gasteiger partial charge in [0.2, 0.25) is 0 Å². The molecule has 4 rings (SSSR count). The summed E-state index contributed by atoms with van der Waals surface area (Å²) in [6.07, 6.45) is 9.67. The van der Waals surface area contributed by atoms with Crippen molar-refractivity contribution in [3.05, 3.63) is 55.0 Å². The summed E-state index contributed by atoms with van der Waals surface area (Å²) in [5, 5.41) is 3.31. The van der Waals surface area contributed by atoms with Crippen LogP contribution in [0.2, 0.25) is 0 Å². The number of hydrogen-bond donors (Lipinski definition) is 2. The number of pyridine rings is 2. The number of aryl methyl sites for hydroxylation is 2. The molecule has 0 aromatic carbocycles. The molecule has 0 atom stereocenters. The number of unbranched alkanes of at least 4 members (excludes halogenated alkanes) is 1. The lowest BCUT2D eigenvalue weighted by Gasteiger charge is -2.11. The molecule has 3 N–H and O–H groups in total. The number of imidazole rings is 1. The van der Waals surface area contributed by atoms with E-state index in [1.165, 1.54) is 6.20 Å². The van der Waals surface area contributed by atoms with Crippen LogP contribution < -0.4 is 11.1 Å². The monoisotopic (exact) mass is 388 g/mol. The SMILES string of the molecule is C=C(NCCCCn1c(CC)nc2cnc3cccnc3c21)c1cnc(N)cn1. The molecule has 4 aromatic heterocycles. The van der Waals surface area contributed by atoms with Gasteiger partial charge < -0.3 is 15.6 Å². The second-order valence-corrected chi connectivity index (χ2v) is 6.84. The molecule has 148 valence electrons. The lowest BCUT2D eigenvalue weighted by atomic mass is 10.2. The third kappa shape index (κ3) is 3.87. The lowest BCUT2D eigenvalue weighted by Crippen LogP contribution is -2.15. The molecular weight excluding hydrogens is 364 g/mol. The largest absolute Gasteiger partial charge is 0.384 e. The van der Waals surface area contributed by atoms with Gasteiger partial charge in [-0.15, -0.1) is 0 Å². The molecule has 0 radical (unpaired) electrons. The van der Waals surface area contributed by atoms with Gasteiger partial charge in [0.25, 0.3) is 0 Å². The summed E-state index contributed by atoms with van der Waals surface area (Å²) in [6, 6.07) is 3.90. The molecule has 4 aromatic rings. The summed E-state index contributed by atoms with van der Waals surface area (Å²) >= 11 is 0. The minimum atomic E-state index is 0.401. The Morgan fingerprint density at radius 1 is 1.10 bits per heavy atom. The van der Waals surface area contributed by atoms with Crippen LogP contribution in [0.5, 0.6) is 0 Å². The normalized spacial score (nSPS) is 11.2. The lowest BCUT2D eigenvalue weighted by molar-refractivity contribution is 0.593. The Hall–Kier alpha value is -3.55. The Morgan fingerprint density at radius 2 is 2.00 bits per heavy atom. The predicted octanol–water partition coefficient (Wildman–Crippen LogP) is 2.95. The van der Waals surface area contributed by atoms with E-state index < -0.39 is 0 Å². The van der Waals surface area contributed by atoms with Gasteiger partial charge in [-0.25, -0.2) is 15.0 Å². The van der Waals surface area contributed by atoms with Crippen molar-refractivity contribution in [1.29, 1.82) is 0 Å². The average molecular weight is 388 g/mol. The number of fused-ring (bicyclic) bond motifs is 3. The van der Waals surface area contributed by atoms with Crippen LogP contribution in [0.15, 0.2) is 43.5 Å². The van der Waals surface area contributed by atoms with Crippen LogP contribution in [0.3, 0.4) is 0 Å². The Labute approximate surface area is 168 Å². The molecular formula is C21H24N8. The van der Waals surface area contributed by atoms with Crippen LogP contribution in [-0.2, 0) is 13.0 Å². The van der Waals surface area contributed by atoms with Crippen LogP contribution >= 0.6 is 0 Å². The molecule has 0 fully saturated rings. The van der Waals surface area contributed by atoms with Crippen molar-refractivity contribution in [1.82, 2.24) is 34.8 Å². The first-order chi connectivity index (χ1) is 14.2. The fourth-order valence-electron chi connectivity index (χ4n) is 3.40. The Balaban J connectivity index is 1.42. The van der Waals surface area contributed by atoms with Gasteiger partial charge in [-0.1, -0.05) is 13.5 Å². The minimum Gasteiger partial charge on any atom is -0.384 e. The Morgan fingerprint density at radius 3 is 2.79 bits per heavy atom. The minimum absolute atomic E-state index is 0.401. The van der Waals surface area contributed by atoms with Crippen molar-refractivity contribution in [2.24, 2.45) is 0 Å². The number of nitrogens with zero attached hydrogens (tertiary/aromatic N) is 6. The van der Waals surface area contributed by atoms with Crippen molar-refractivity contribution in [2.75, 3.05) is 12.3 Å². The highest BCUT2D eigenvalue weighted by molar-refractivity contribution is 5.99. The van der Waals surface area contributed by atoms with E-state index in [1.54, 1.807) is 6.20 Å². The third-order valence-electron chi connectivity index (χ3n) is 4.85. The molecule has 0 spiro atoms. The molecule has 0 unspecified atom stereocenters. The number of nitrogen functional groups attached to an aromatic ring is 1. The van der Waals surface area contributed by atoms with Crippen LogP contribution in [0.4, 0.5) is 5.82 Å². The van der Waals surface area contributed by atoms with E-state index in [4.69, 9.17) is 10.7 Å². The van der Waals surface area contributed by atoms with Gasteiger partial charge in [0.1, 0.15) is 28.4 Å². The predicted molar refractivity (Wildman–Crippen MR) is 115 cm³/mol. The topological polar surface area (TPSA) is 107 Å². The fourth-order valence-corrected chi connectivity index (χ4v) is 3.40. The highest BCUT2D eigenvalue weighted by Crippen LogP contribution is 2.23. The summed E-state index contributed by atoms with van der Waals surface area (Å²) < 4.78 is 2.28. The van der Waals surface area contributed by atoms with Crippen molar-refractivity contribution >= 4 is 33.6 Å². The van der Waals surface area contributed by atoms with Crippen LogP contribution in [-0.4, -0.2) is 36.0 Å². The first-order valence-electron chi connectivity index (χ1n) is 9.77. The first-order valence-corrected chi connectivity index (χ1v) is 9.77. The molecule has 0 bridgehead atoms. The summed E-state index contributed by atoms with van der Waals surface area (Å²) in [4.78, 5) is 22.1. The molecule has 4 heterocycles. The van der Waals surface area contributed by atoms with Crippen LogP contribution in [0, 0.1) is 0 Å². The van der Waals surface area contributed by atoms with E-state index in [0.717, 1.165) is 65.9 Å². The maximum atomic E-state index is 5.57. The summed E-state index contributed by atoms with van der Waals surface area (Å²) in [5.41, 5.74) is 10.8. The summed E-state index contributed by atoms with van der Waals surface area (Å²) in [6.45, 7) is 7.83. The molecule has 8 nitrogen and oxygen atoms in total. The van der Waals surface area contributed by atoms with Crippen molar-refractivity contribution in [3.8, 4) is 0 Å². The van der Waals surface area contributed by atoms with Gasteiger partial charge in [-0.2, -0.15) is 0 Å². The smallest absolute Gasteiger partial charge is 0.141 e. The number of aromatic nitrogens is 6. The number of nitrogens with one attached hydrogen (secondary N) is 1. The van der Waals surface area contributed by atoms with Crippen LogP contribution in [0.1, 0.15) is 31.3 Å². The summed E-state index contributed by atoms with van der Waals surface area (Å²) in [7, 11) is 0. The molecule has 0 saturated heterocycles. The van der Waals surface area contributed by atoms with E-state index >= 15 is 0 Å². The van der Waals surface area contributed by atoms with Crippen molar-refractivity contribution < 1.29 is 0 Å². The molecule has 0 aliphatic heterocycles. The van der Waals surface area contributed by atoms with E-state index in [-0.39, 0.29) is 0 Å². The van der Waals surface area contributed by atoms with E-state index in [0.29, 0.717) is 11.5 Å². The van der Waals surface area contributed by atoms with Crippen molar-refractivity contribution in [3.63, 3.8) is 0 Å². The Kier molecular flexibility index (Phi) is 5.33. The van der Waals surface area contributed by atoms with Gasteiger partial charge >= 0.3 is 0 Å². The average Bonchev–Trinajstić information content (AvgIpc) is 3.12. The third-order valence-corrected chi connectivity index (χ3v) is 4.85. The second kappa shape index (κ2) is 8.22. The fraction of sp³-hybridized carbons (Fsp3) is 0.286. The van der Waals surface area contributed by atoms with Gasteiger partial charge in [0.15, 0.2) is 0 Å². The van der Waals surface area contributed by atoms with Gasteiger partial charge in [0, 0.05) is 25.7 Å². The zero-order valence-corrected chi connectivity index (χ0v) is 16.5. The van der Waals surface area contributed by atoms with Crippen LogP contribution in [0.25, 0.3) is 27.8 Å². The zero-order chi connectivity index (χ0) is 20.2. The number of nitrogens with two attached hydrogens (primary N) is 1. The maximum Gasteiger partial charge on any atom is 0.141 e. The number of hydrogen-bond acceptors (Lipinski definition) is 7. The maximum absolute atomic E-state index is 5.57. The quantitative estimate of drug-likeness (QED) is 0.447. The molecule has 0 saturated carbocycles. The van der Waals surface area contributed by atoms with Crippen molar-refractivity contribution in [2.45, 2.75) is 32.7 Å². The summed E-state index contributed by atoms with van der Waals surface area (Å²) in [5.74, 6) is 1.47. The van der Waals surface area contributed by atoms with E-state index in [9.17, 15) is 0 Å². The first kappa shape index (κ1) is 18.8. The van der Waals surface area contributed by atoms with Gasteiger partial charge in [-0.05, 0) is 25.0 Å². The molecule has 29 heavy (non-hydrogen) atoms.